The van der Waals surface area contributed by atoms with E-state index in [2.05, 4.69) is 15.0 Å². The molecule has 220 valence electrons. The van der Waals surface area contributed by atoms with Crippen LogP contribution in [0.5, 0.6) is 5.75 Å². The van der Waals surface area contributed by atoms with E-state index in [-0.39, 0.29) is 41.7 Å². The quantitative estimate of drug-likeness (QED) is 0.230. The van der Waals surface area contributed by atoms with Crippen LogP contribution in [0.4, 0.5) is 20.4 Å². The van der Waals surface area contributed by atoms with Gasteiger partial charge in [0.25, 0.3) is 0 Å². The summed E-state index contributed by atoms with van der Waals surface area (Å²) in [5.74, 6) is -1.87. The molecule has 0 bridgehead atoms. The molecule has 0 spiro atoms. The number of nitrogens with two attached hydrogens (primary N) is 1. The third-order valence-corrected chi connectivity index (χ3v) is 8.16. The lowest BCUT2D eigenvalue weighted by Gasteiger charge is -2.36. The molecule has 0 amide bonds. The van der Waals surface area contributed by atoms with Crippen molar-refractivity contribution in [3.05, 3.63) is 57.9 Å². The number of hydrogen-bond donors (Lipinski definition) is 2. The Hall–Kier alpha value is -4.50. The van der Waals surface area contributed by atoms with Crippen LogP contribution >= 0.6 is 11.3 Å². The number of halogens is 2. The molecular formula is C27H27F2N7O5S. The third kappa shape index (κ3) is 5.39. The van der Waals surface area contributed by atoms with Crippen molar-refractivity contribution in [3.8, 4) is 17.2 Å². The van der Waals surface area contributed by atoms with Gasteiger partial charge in [-0.3, -0.25) is 19.1 Å². The van der Waals surface area contributed by atoms with Gasteiger partial charge in [0.1, 0.15) is 16.2 Å². The van der Waals surface area contributed by atoms with Crippen LogP contribution < -0.4 is 20.2 Å². The molecule has 1 aliphatic heterocycles. The highest BCUT2D eigenvalue weighted by molar-refractivity contribution is 7.17. The summed E-state index contributed by atoms with van der Waals surface area (Å²) in [6, 6.07) is 7.48. The van der Waals surface area contributed by atoms with E-state index in [1.807, 2.05) is 11.0 Å². The van der Waals surface area contributed by atoms with Gasteiger partial charge < -0.3 is 24.9 Å². The summed E-state index contributed by atoms with van der Waals surface area (Å²) in [5.41, 5.74) is 8.17. The number of aromatic nitrogens is 4. The van der Waals surface area contributed by atoms with E-state index >= 15 is 0 Å². The number of nitrogen functional groups attached to an aromatic ring is 1. The average Bonchev–Trinajstić information content (AvgIpc) is 3.71. The maximum Gasteiger partial charge on any atom is 0.309 e. The van der Waals surface area contributed by atoms with Gasteiger partial charge in [0, 0.05) is 57.8 Å². The molecule has 0 atom stereocenters. The first-order valence-electron chi connectivity index (χ1n) is 13.3. The summed E-state index contributed by atoms with van der Waals surface area (Å²) in [4.78, 5) is 31.9. The van der Waals surface area contributed by atoms with E-state index in [1.54, 1.807) is 23.0 Å². The fourth-order valence-electron chi connectivity index (χ4n) is 5.02. The smallest absolute Gasteiger partial charge is 0.309 e. The van der Waals surface area contributed by atoms with Gasteiger partial charge >= 0.3 is 10.8 Å². The highest BCUT2D eigenvalue weighted by atomic mass is 32.1. The van der Waals surface area contributed by atoms with E-state index in [0.717, 1.165) is 17.4 Å². The topological polar surface area (TPSA) is 144 Å². The molecule has 42 heavy (non-hydrogen) atoms. The lowest BCUT2D eigenvalue weighted by Crippen LogP contribution is -2.47. The normalized spacial score (nSPS) is 14.3. The van der Waals surface area contributed by atoms with Crippen molar-refractivity contribution in [2.75, 3.05) is 50.0 Å². The van der Waals surface area contributed by atoms with Crippen LogP contribution in [0.15, 0.2) is 45.8 Å². The van der Waals surface area contributed by atoms with Crippen molar-refractivity contribution in [1.82, 2.24) is 24.1 Å². The Bertz CT molecular complexity index is 1810. The molecule has 1 fully saturated rings. The van der Waals surface area contributed by atoms with E-state index in [9.17, 15) is 18.4 Å². The van der Waals surface area contributed by atoms with Crippen LogP contribution in [0.25, 0.3) is 27.3 Å². The molecule has 0 saturated carbocycles. The number of ether oxygens (including phenoxy) is 1. The van der Waals surface area contributed by atoms with Gasteiger partial charge in [-0.2, -0.15) is 14.6 Å². The van der Waals surface area contributed by atoms with Crippen LogP contribution in [-0.4, -0.2) is 74.5 Å². The number of benzene rings is 1. The largest absolute Gasteiger partial charge is 0.490 e. The second-order valence-corrected chi connectivity index (χ2v) is 10.8. The summed E-state index contributed by atoms with van der Waals surface area (Å²) < 4.78 is 43.5. The Morgan fingerprint density at radius 3 is 2.69 bits per heavy atom. The molecule has 6 rings (SSSR count). The molecule has 1 aliphatic rings. The van der Waals surface area contributed by atoms with Crippen molar-refractivity contribution in [2.45, 2.75) is 19.4 Å². The molecule has 0 unspecified atom stereocenters. The summed E-state index contributed by atoms with van der Waals surface area (Å²) in [5, 5.41) is 13.2. The molecule has 5 heterocycles. The predicted molar refractivity (Wildman–Crippen MR) is 152 cm³/mol. The highest BCUT2D eigenvalue weighted by Crippen LogP contribution is 2.30. The number of nitrogens with zero attached hydrogens (tertiary/aromatic N) is 6. The molecule has 15 heteroatoms. The number of rotatable bonds is 10. The number of hydrogen-bond acceptors (Lipinski definition) is 10. The first-order chi connectivity index (χ1) is 20.3. The summed E-state index contributed by atoms with van der Waals surface area (Å²) in [6.07, 6.45) is 1.67. The van der Waals surface area contributed by atoms with Crippen LogP contribution in [0.2, 0.25) is 0 Å². The zero-order valence-electron chi connectivity index (χ0n) is 22.3. The molecule has 12 nitrogen and oxygen atoms in total. The van der Waals surface area contributed by atoms with Gasteiger partial charge in [-0.15, -0.1) is 0 Å². The van der Waals surface area contributed by atoms with Crippen molar-refractivity contribution in [2.24, 2.45) is 0 Å². The number of carbonyl (C=O) groups is 1. The standard InChI is InChI=1S/C27H27F2N7O5S/c28-16-13-17(29)22(41-12-2-4-23(37)38)15-19(16)34-8-5-33(6-9-34)7-10-35-25-24(42-27(35)39)20-14-18(21-3-1-11-40-21)32-36(20)26(30)31-25/h1,3,11,13-15H,2,4-10,12H2,(H2,30,31)(H,37,38). The van der Waals surface area contributed by atoms with Crippen molar-refractivity contribution in [1.29, 1.82) is 0 Å². The Morgan fingerprint density at radius 1 is 1.14 bits per heavy atom. The summed E-state index contributed by atoms with van der Waals surface area (Å²) in [7, 11) is 0. The summed E-state index contributed by atoms with van der Waals surface area (Å²) >= 11 is 1.08. The molecule has 5 aromatic rings. The maximum absolute atomic E-state index is 14.7. The molecule has 3 N–H and O–H groups in total. The highest BCUT2D eigenvalue weighted by Gasteiger charge is 2.23. The van der Waals surface area contributed by atoms with Gasteiger partial charge in [-0.1, -0.05) is 11.3 Å². The van der Waals surface area contributed by atoms with Crippen molar-refractivity contribution in [3.63, 3.8) is 0 Å². The number of furan rings is 1. The monoisotopic (exact) mass is 599 g/mol. The lowest BCUT2D eigenvalue weighted by molar-refractivity contribution is -0.137. The number of piperazine rings is 1. The zero-order valence-corrected chi connectivity index (χ0v) is 23.1. The Morgan fingerprint density at radius 2 is 1.95 bits per heavy atom. The van der Waals surface area contributed by atoms with Crippen LogP contribution in [0.1, 0.15) is 12.8 Å². The van der Waals surface area contributed by atoms with Gasteiger partial charge in [0.15, 0.2) is 23.0 Å². The van der Waals surface area contributed by atoms with Crippen molar-refractivity contribution < 1.29 is 27.8 Å². The number of thiazole rings is 1. The van der Waals surface area contributed by atoms with Gasteiger partial charge in [0.2, 0.25) is 5.95 Å². The molecule has 4 aromatic heterocycles. The minimum atomic E-state index is -0.968. The number of fused-ring (bicyclic) bond motifs is 3. The Kier molecular flexibility index (Phi) is 7.51. The van der Waals surface area contributed by atoms with Crippen LogP contribution in [0, 0.1) is 11.6 Å². The van der Waals surface area contributed by atoms with E-state index in [4.69, 9.17) is 20.0 Å². The molecule has 1 aromatic carbocycles. The zero-order chi connectivity index (χ0) is 29.4. The van der Waals surface area contributed by atoms with Gasteiger partial charge in [0.05, 0.1) is 24.1 Å². The average molecular weight is 600 g/mol. The Balaban J connectivity index is 1.12. The van der Waals surface area contributed by atoms with E-state index in [1.165, 1.54) is 10.6 Å². The predicted octanol–water partition coefficient (Wildman–Crippen LogP) is 3.29. The molecule has 0 aliphatic carbocycles. The lowest BCUT2D eigenvalue weighted by atomic mass is 10.2. The van der Waals surface area contributed by atoms with Gasteiger partial charge in [-0.05, 0) is 24.6 Å². The van der Waals surface area contributed by atoms with Crippen molar-refractivity contribution >= 4 is 44.8 Å². The summed E-state index contributed by atoms with van der Waals surface area (Å²) in [6.45, 7) is 3.12. The minimum absolute atomic E-state index is 0.0108. The second kappa shape index (κ2) is 11.4. The van der Waals surface area contributed by atoms with Crippen LogP contribution in [-0.2, 0) is 11.3 Å². The fourth-order valence-corrected chi connectivity index (χ4v) is 5.98. The molecule has 0 radical (unpaired) electrons. The number of aliphatic carboxylic acids is 1. The number of anilines is 2. The van der Waals surface area contributed by atoms with Crippen LogP contribution in [0.3, 0.4) is 0 Å². The second-order valence-electron chi connectivity index (χ2n) is 9.85. The Labute approximate surface area is 241 Å². The number of carboxylic acids is 1. The minimum Gasteiger partial charge on any atom is -0.490 e. The SMILES string of the molecule is Nc1nc2c(sc(=O)n2CCN2CCN(c3cc(OCCCC(=O)O)c(F)cc3F)CC2)c2cc(-c3ccco3)nn12. The first-order valence-corrected chi connectivity index (χ1v) is 14.1. The third-order valence-electron chi connectivity index (χ3n) is 7.17. The van der Waals surface area contributed by atoms with Gasteiger partial charge in [-0.25, -0.2) is 8.78 Å². The number of carboxylic acid groups (broad SMARTS) is 1. The maximum atomic E-state index is 14.7. The van der Waals surface area contributed by atoms with E-state index < -0.39 is 17.6 Å². The first kappa shape index (κ1) is 27.7. The fraction of sp³-hybridized carbons (Fsp3) is 0.333. The molecule has 1 saturated heterocycles. The molecular weight excluding hydrogens is 572 g/mol. The van der Waals surface area contributed by atoms with E-state index in [0.29, 0.717) is 66.6 Å².